The number of aryl methyl sites for hydroxylation is 2. The van der Waals surface area contributed by atoms with Crippen LogP contribution in [-0.2, 0) is 13.5 Å². The van der Waals surface area contributed by atoms with Gasteiger partial charge in [0.1, 0.15) is 17.3 Å². The molecule has 3 rings (SSSR count). The van der Waals surface area contributed by atoms with Crippen LogP contribution in [0.4, 0.5) is 5.82 Å². The first-order valence-corrected chi connectivity index (χ1v) is 7.14. The van der Waals surface area contributed by atoms with Gasteiger partial charge in [0.15, 0.2) is 0 Å². The van der Waals surface area contributed by atoms with Crippen LogP contribution < -0.4 is 5.32 Å². The number of rotatable bonds is 4. The Morgan fingerprint density at radius 1 is 1.29 bits per heavy atom. The van der Waals surface area contributed by atoms with Crippen molar-refractivity contribution in [2.24, 2.45) is 7.05 Å². The van der Waals surface area contributed by atoms with E-state index >= 15 is 0 Å². The third-order valence-electron chi connectivity index (χ3n) is 3.59. The molecule has 0 radical (unpaired) electrons. The maximum atomic E-state index is 5.84. The van der Waals surface area contributed by atoms with Crippen molar-refractivity contribution in [2.75, 3.05) is 11.9 Å². The van der Waals surface area contributed by atoms with Gasteiger partial charge in [0, 0.05) is 25.0 Å². The fourth-order valence-corrected chi connectivity index (χ4v) is 2.62. The van der Waals surface area contributed by atoms with E-state index < -0.39 is 0 Å². The molecule has 1 N–H and O–H groups in total. The maximum absolute atomic E-state index is 5.84. The van der Waals surface area contributed by atoms with Crippen LogP contribution in [0.25, 0.3) is 10.9 Å². The number of nitrogens with one attached hydrogen (secondary N) is 1. The third-order valence-corrected chi connectivity index (χ3v) is 3.80. The predicted molar refractivity (Wildman–Crippen MR) is 84.7 cm³/mol. The number of hydrogen-bond donors (Lipinski definition) is 1. The van der Waals surface area contributed by atoms with E-state index in [0.29, 0.717) is 5.15 Å². The molecule has 2 heterocycles. The summed E-state index contributed by atoms with van der Waals surface area (Å²) in [6.07, 6.45) is 4.29. The Labute approximate surface area is 128 Å². The standard InChI is InChI=1S/C15H16ClN5/c1-10-3-4-13-12(8-20-21(13)2)11(10)5-6-17-15-7-14(16)18-9-19-15/h3-4,7-9H,5-6H2,1-2H3,(H,17,18,19). The maximum Gasteiger partial charge on any atom is 0.134 e. The molecule has 0 spiro atoms. The van der Waals surface area contributed by atoms with Crippen LogP contribution in [0.2, 0.25) is 5.15 Å². The fraction of sp³-hybridized carbons (Fsp3) is 0.267. The smallest absolute Gasteiger partial charge is 0.134 e. The molecule has 2 aromatic heterocycles. The Morgan fingerprint density at radius 2 is 2.14 bits per heavy atom. The summed E-state index contributed by atoms with van der Waals surface area (Å²) >= 11 is 5.84. The van der Waals surface area contributed by atoms with E-state index in [1.54, 1.807) is 6.07 Å². The van der Waals surface area contributed by atoms with E-state index in [-0.39, 0.29) is 0 Å². The Bertz CT molecular complexity index is 781. The second-order valence-electron chi connectivity index (χ2n) is 4.96. The highest BCUT2D eigenvalue weighted by Gasteiger charge is 2.08. The molecule has 0 aliphatic rings. The van der Waals surface area contributed by atoms with Gasteiger partial charge in [0.2, 0.25) is 0 Å². The Balaban J connectivity index is 1.77. The Kier molecular flexibility index (Phi) is 3.75. The molecule has 0 saturated carbocycles. The highest BCUT2D eigenvalue weighted by Crippen LogP contribution is 2.22. The van der Waals surface area contributed by atoms with Crippen molar-refractivity contribution in [1.82, 2.24) is 19.7 Å². The van der Waals surface area contributed by atoms with E-state index in [9.17, 15) is 0 Å². The molecule has 5 nitrogen and oxygen atoms in total. The molecule has 0 atom stereocenters. The lowest BCUT2D eigenvalue weighted by Crippen LogP contribution is -2.07. The number of nitrogens with zero attached hydrogens (tertiary/aromatic N) is 4. The van der Waals surface area contributed by atoms with Crippen molar-refractivity contribution in [3.8, 4) is 0 Å². The van der Waals surface area contributed by atoms with Crippen molar-refractivity contribution in [1.29, 1.82) is 0 Å². The highest BCUT2D eigenvalue weighted by molar-refractivity contribution is 6.29. The molecule has 0 fully saturated rings. The van der Waals surface area contributed by atoms with Gasteiger partial charge in [-0.1, -0.05) is 17.7 Å². The van der Waals surface area contributed by atoms with Gasteiger partial charge in [-0.2, -0.15) is 5.10 Å². The average molecular weight is 302 g/mol. The third kappa shape index (κ3) is 2.83. The van der Waals surface area contributed by atoms with Crippen molar-refractivity contribution in [3.63, 3.8) is 0 Å². The highest BCUT2D eigenvalue weighted by atomic mass is 35.5. The van der Waals surface area contributed by atoms with Gasteiger partial charge < -0.3 is 5.32 Å². The number of anilines is 1. The molecule has 0 saturated heterocycles. The first-order valence-electron chi connectivity index (χ1n) is 6.77. The van der Waals surface area contributed by atoms with E-state index in [2.05, 4.69) is 39.4 Å². The minimum Gasteiger partial charge on any atom is -0.370 e. The van der Waals surface area contributed by atoms with Gasteiger partial charge in [0.25, 0.3) is 0 Å². The van der Waals surface area contributed by atoms with Crippen LogP contribution in [0.1, 0.15) is 11.1 Å². The van der Waals surface area contributed by atoms with E-state index in [0.717, 1.165) is 24.3 Å². The quantitative estimate of drug-likeness (QED) is 0.753. The first-order chi connectivity index (χ1) is 10.1. The fourth-order valence-electron chi connectivity index (χ4n) is 2.47. The van der Waals surface area contributed by atoms with Gasteiger partial charge in [-0.25, -0.2) is 9.97 Å². The number of fused-ring (bicyclic) bond motifs is 1. The number of hydrogen-bond acceptors (Lipinski definition) is 4. The summed E-state index contributed by atoms with van der Waals surface area (Å²) < 4.78 is 1.90. The molecule has 0 aliphatic carbocycles. The normalized spacial score (nSPS) is 11.0. The molecule has 21 heavy (non-hydrogen) atoms. The van der Waals surface area contributed by atoms with Gasteiger partial charge >= 0.3 is 0 Å². The molecule has 1 aromatic carbocycles. The molecule has 0 bridgehead atoms. The molecule has 3 aromatic rings. The summed E-state index contributed by atoms with van der Waals surface area (Å²) in [5, 5.41) is 9.25. The minimum absolute atomic E-state index is 0.443. The van der Waals surface area contributed by atoms with Gasteiger partial charge in [-0.15, -0.1) is 0 Å². The zero-order valence-electron chi connectivity index (χ0n) is 12.0. The molecular weight excluding hydrogens is 286 g/mol. The summed E-state index contributed by atoms with van der Waals surface area (Å²) in [6.45, 7) is 2.91. The van der Waals surface area contributed by atoms with Crippen LogP contribution >= 0.6 is 11.6 Å². The summed E-state index contributed by atoms with van der Waals surface area (Å²) in [7, 11) is 1.96. The molecule has 0 amide bonds. The average Bonchev–Trinajstić information content (AvgIpc) is 2.83. The second kappa shape index (κ2) is 5.69. The minimum atomic E-state index is 0.443. The van der Waals surface area contributed by atoms with Crippen molar-refractivity contribution < 1.29 is 0 Å². The van der Waals surface area contributed by atoms with Crippen LogP contribution in [0.15, 0.2) is 30.7 Å². The van der Waals surface area contributed by atoms with Gasteiger partial charge in [-0.05, 0) is 30.5 Å². The Morgan fingerprint density at radius 3 is 2.95 bits per heavy atom. The summed E-state index contributed by atoms with van der Waals surface area (Å²) in [5.41, 5.74) is 3.74. The van der Waals surface area contributed by atoms with E-state index in [1.165, 1.54) is 22.8 Å². The lowest BCUT2D eigenvalue weighted by Gasteiger charge is -2.09. The van der Waals surface area contributed by atoms with Crippen LogP contribution in [0, 0.1) is 6.92 Å². The first kappa shape index (κ1) is 13.8. The SMILES string of the molecule is Cc1ccc2c(cnn2C)c1CCNc1cc(Cl)ncn1. The lowest BCUT2D eigenvalue weighted by atomic mass is 10.0. The number of aromatic nitrogens is 4. The van der Waals surface area contributed by atoms with Crippen LogP contribution in [-0.4, -0.2) is 26.3 Å². The zero-order valence-corrected chi connectivity index (χ0v) is 12.7. The lowest BCUT2D eigenvalue weighted by molar-refractivity contribution is 0.797. The number of halogens is 1. The largest absolute Gasteiger partial charge is 0.370 e. The molecule has 6 heteroatoms. The second-order valence-corrected chi connectivity index (χ2v) is 5.35. The zero-order chi connectivity index (χ0) is 14.8. The molecule has 0 unspecified atom stereocenters. The molecule has 0 aliphatic heterocycles. The summed E-state index contributed by atoms with van der Waals surface area (Å²) in [6, 6.07) is 5.97. The van der Waals surface area contributed by atoms with E-state index in [4.69, 9.17) is 11.6 Å². The monoisotopic (exact) mass is 301 g/mol. The van der Waals surface area contributed by atoms with Crippen molar-refractivity contribution >= 4 is 28.3 Å². The predicted octanol–water partition coefficient (Wildman–Crippen LogP) is 2.98. The van der Waals surface area contributed by atoms with Crippen molar-refractivity contribution in [3.05, 3.63) is 47.0 Å². The Hall–Kier alpha value is -2.14. The van der Waals surface area contributed by atoms with Crippen molar-refractivity contribution in [2.45, 2.75) is 13.3 Å². The van der Waals surface area contributed by atoms with Crippen LogP contribution in [0.3, 0.4) is 0 Å². The summed E-state index contributed by atoms with van der Waals surface area (Å²) in [5.74, 6) is 0.742. The van der Waals surface area contributed by atoms with Gasteiger partial charge in [-0.3, -0.25) is 4.68 Å². The van der Waals surface area contributed by atoms with Gasteiger partial charge in [0.05, 0.1) is 11.7 Å². The van der Waals surface area contributed by atoms with E-state index in [1.807, 2.05) is 17.9 Å². The number of benzene rings is 1. The topological polar surface area (TPSA) is 55.6 Å². The van der Waals surface area contributed by atoms with Crippen LogP contribution in [0.5, 0.6) is 0 Å². The summed E-state index contributed by atoms with van der Waals surface area (Å²) in [4.78, 5) is 8.00. The molecule has 108 valence electrons. The molecular formula is C15H16ClN5.